The molecule has 0 aliphatic carbocycles. The standard InChI is InChI=1S/C18H15BrN6O3/c19-12-4-6-14(7-5-12)23-10-15-22-24(18(28)25(15)17(23)27)11-16(26)21-9-13-3-1-2-8-20-13/h1-8H,9-11H2,(H,21,26). The molecule has 0 fully saturated rings. The van der Waals surface area contributed by atoms with E-state index in [0.717, 1.165) is 13.7 Å². The molecule has 0 saturated carbocycles. The minimum atomic E-state index is -0.632. The topological polar surface area (TPSA) is 102 Å². The van der Waals surface area contributed by atoms with Crippen LogP contribution in [0.2, 0.25) is 0 Å². The number of pyridine rings is 1. The molecule has 28 heavy (non-hydrogen) atoms. The lowest BCUT2D eigenvalue weighted by molar-refractivity contribution is -0.122. The van der Waals surface area contributed by atoms with Gasteiger partial charge in [-0.1, -0.05) is 22.0 Å². The number of fused-ring (bicyclic) bond motifs is 1. The van der Waals surface area contributed by atoms with Crippen LogP contribution in [0.1, 0.15) is 11.5 Å². The summed E-state index contributed by atoms with van der Waals surface area (Å²) in [5.74, 6) is -0.0859. The van der Waals surface area contributed by atoms with Gasteiger partial charge in [0.15, 0.2) is 5.82 Å². The normalized spacial score (nSPS) is 12.9. The zero-order valence-electron chi connectivity index (χ0n) is 14.6. The fourth-order valence-electron chi connectivity index (χ4n) is 2.89. The number of carbonyl (C=O) groups excluding carboxylic acids is 2. The molecule has 0 saturated heterocycles. The van der Waals surface area contributed by atoms with E-state index in [0.29, 0.717) is 17.2 Å². The maximum atomic E-state index is 12.6. The molecule has 2 aromatic heterocycles. The molecule has 1 aliphatic heterocycles. The number of halogens is 1. The van der Waals surface area contributed by atoms with Crippen LogP contribution in [-0.2, 0) is 24.4 Å². The van der Waals surface area contributed by atoms with Crippen LogP contribution >= 0.6 is 15.9 Å². The molecule has 9 nitrogen and oxygen atoms in total. The average molecular weight is 443 g/mol. The van der Waals surface area contributed by atoms with Crippen LogP contribution < -0.4 is 15.9 Å². The fourth-order valence-corrected chi connectivity index (χ4v) is 3.15. The summed E-state index contributed by atoms with van der Waals surface area (Å²) in [6, 6.07) is 12.1. The number of aromatic nitrogens is 4. The molecular formula is C18H15BrN6O3. The molecule has 0 radical (unpaired) electrons. The van der Waals surface area contributed by atoms with E-state index in [9.17, 15) is 14.4 Å². The largest absolute Gasteiger partial charge is 0.354 e. The maximum Gasteiger partial charge on any atom is 0.354 e. The molecule has 142 valence electrons. The van der Waals surface area contributed by atoms with E-state index in [2.05, 4.69) is 31.3 Å². The lowest BCUT2D eigenvalue weighted by atomic mass is 10.3. The number of carbonyl (C=O) groups is 2. The number of nitrogens with one attached hydrogen (secondary N) is 1. The van der Waals surface area contributed by atoms with Crippen molar-refractivity contribution in [3.8, 4) is 0 Å². The highest BCUT2D eigenvalue weighted by Crippen LogP contribution is 2.24. The van der Waals surface area contributed by atoms with Gasteiger partial charge in [0, 0.05) is 16.4 Å². The third-order valence-electron chi connectivity index (χ3n) is 4.25. The number of nitrogens with zero attached hydrogens (tertiary/aromatic N) is 5. The van der Waals surface area contributed by atoms with Gasteiger partial charge in [0.05, 0.1) is 18.8 Å². The lowest BCUT2D eigenvalue weighted by Gasteiger charge is -2.14. The molecule has 0 bridgehead atoms. The first kappa shape index (κ1) is 18.1. The predicted octanol–water partition coefficient (Wildman–Crippen LogP) is 1.51. The zero-order valence-corrected chi connectivity index (χ0v) is 16.2. The van der Waals surface area contributed by atoms with E-state index in [1.165, 1.54) is 4.90 Å². The highest BCUT2D eigenvalue weighted by atomic mass is 79.9. The third-order valence-corrected chi connectivity index (χ3v) is 4.78. The first-order valence-corrected chi connectivity index (χ1v) is 9.25. The van der Waals surface area contributed by atoms with Gasteiger partial charge in [0.2, 0.25) is 5.91 Å². The first-order chi connectivity index (χ1) is 13.5. The monoisotopic (exact) mass is 442 g/mol. The Balaban J connectivity index is 1.45. The Morgan fingerprint density at radius 1 is 1.14 bits per heavy atom. The van der Waals surface area contributed by atoms with Crippen LogP contribution in [0.4, 0.5) is 10.5 Å². The SMILES string of the molecule is O=C(Cn1nc2n(c1=O)C(=O)N(c1ccc(Br)cc1)C2)NCc1ccccn1. The molecule has 3 heterocycles. The lowest BCUT2D eigenvalue weighted by Crippen LogP contribution is -2.37. The molecular weight excluding hydrogens is 428 g/mol. The minimum absolute atomic E-state index is 0.165. The van der Waals surface area contributed by atoms with Gasteiger partial charge in [0.1, 0.15) is 6.54 Å². The second-order valence-electron chi connectivity index (χ2n) is 6.13. The van der Waals surface area contributed by atoms with Gasteiger partial charge >= 0.3 is 11.7 Å². The van der Waals surface area contributed by atoms with Gasteiger partial charge < -0.3 is 5.32 Å². The van der Waals surface area contributed by atoms with Crippen molar-refractivity contribution in [2.45, 2.75) is 19.6 Å². The summed E-state index contributed by atoms with van der Waals surface area (Å²) in [5, 5.41) is 6.83. The Labute approximate surface area is 167 Å². The van der Waals surface area contributed by atoms with Gasteiger partial charge in [0.25, 0.3) is 0 Å². The van der Waals surface area contributed by atoms with Crippen molar-refractivity contribution in [1.82, 2.24) is 24.6 Å². The Morgan fingerprint density at radius 3 is 2.61 bits per heavy atom. The maximum absolute atomic E-state index is 12.6. The average Bonchev–Trinajstić information content (AvgIpc) is 3.18. The van der Waals surface area contributed by atoms with Crippen molar-refractivity contribution in [3.05, 3.63) is 75.1 Å². The fraction of sp³-hybridized carbons (Fsp3) is 0.167. The van der Waals surface area contributed by atoms with Gasteiger partial charge in [-0.2, -0.15) is 9.67 Å². The summed E-state index contributed by atoms with van der Waals surface area (Å²) < 4.78 is 2.88. The highest BCUT2D eigenvalue weighted by molar-refractivity contribution is 9.10. The van der Waals surface area contributed by atoms with Crippen LogP contribution in [0, 0.1) is 0 Å². The van der Waals surface area contributed by atoms with E-state index >= 15 is 0 Å². The second-order valence-corrected chi connectivity index (χ2v) is 7.05. The smallest absolute Gasteiger partial charge is 0.349 e. The van der Waals surface area contributed by atoms with Crippen molar-refractivity contribution in [3.63, 3.8) is 0 Å². The number of amides is 2. The second kappa shape index (κ2) is 7.39. The Kier molecular flexibility index (Phi) is 4.78. The molecule has 0 atom stereocenters. The van der Waals surface area contributed by atoms with E-state index < -0.39 is 11.7 Å². The van der Waals surface area contributed by atoms with Crippen molar-refractivity contribution < 1.29 is 9.59 Å². The number of hydrogen-bond acceptors (Lipinski definition) is 5. The molecule has 10 heteroatoms. The Morgan fingerprint density at radius 2 is 1.93 bits per heavy atom. The molecule has 0 spiro atoms. The van der Waals surface area contributed by atoms with Crippen molar-refractivity contribution >= 4 is 33.6 Å². The third kappa shape index (κ3) is 3.46. The van der Waals surface area contributed by atoms with E-state index in [4.69, 9.17) is 0 Å². The van der Waals surface area contributed by atoms with Gasteiger partial charge in [-0.15, -0.1) is 0 Å². The first-order valence-electron chi connectivity index (χ1n) is 8.46. The summed E-state index contributed by atoms with van der Waals surface area (Å²) in [6.45, 7) is 0.147. The summed E-state index contributed by atoms with van der Waals surface area (Å²) in [5.41, 5.74) is 0.737. The van der Waals surface area contributed by atoms with Gasteiger partial charge in [-0.3, -0.25) is 14.7 Å². The minimum Gasteiger partial charge on any atom is -0.349 e. The summed E-state index contributed by atoms with van der Waals surface area (Å²) in [4.78, 5) is 42.8. The van der Waals surface area contributed by atoms with E-state index in [1.54, 1.807) is 30.5 Å². The molecule has 3 aromatic rings. The van der Waals surface area contributed by atoms with E-state index in [1.807, 2.05) is 18.2 Å². The van der Waals surface area contributed by atoms with Crippen LogP contribution in [-0.4, -0.2) is 31.3 Å². The zero-order chi connectivity index (χ0) is 19.7. The number of hydrogen-bond donors (Lipinski definition) is 1. The molecule has 0 unspecified atom stereocenters. The van der Waals surface area contributed by atoms with Gasteiger partial charge in [-0.25, -0.2) is 14.3 Å². The molecule has 1 N–H and O–H groups in total. The number of rotatable bonds is 5. The molecule has 2 amide bonds. The van der Waals surface area contributed by atoms with Crippen LogP contribution in [0.3, 0.4) is 0 Å². The summed E-state index contributed by atoms with van der Waals surface area (Å²) in [6.07, 6.45) is 1.63. The molecule has 1 aromatic carbocycles. The quantitative estimate of drug-likeness (QED) is 0.644. The highest BCUT2D eigenvalue weighted by Gasteiger charge is 2.33. The molecule has 4 rings (SSSR count). The number of anilines is 1. The molecule has 1 aliphatic rings. The summed E-state index contributed by atoms with van der Waals surface area (Å²) in [7, 11) is 0. The van der Waals surface area contributed by atoms with Gasteiger partial charge in [-0.05, 0) is 36.4 Å². The summed E-state index contributed by atoms with van der Waals surface area (Å²) >= 11 is 3.35. The van der Waals surface area contributed by atoms with Crippen LogP contribution in [0.25, 0.3) is 0 Å². The Bertz CT molecular complexity index is 1090. The predicted molar refractivity (Wildman–Crippen MR) is 104 cm³/mol. The van der Waals surface area contributed by atoms with Crippen molar-refractivity contribution in [2.24, 2.45) is 0 Å². The van der Waals surface area contributed by atoms with Crippen LogP contribution in [0.5, 0.6) is 0 Å². The van der Waals surface area contributed by atoms with Crippen LogP contribution in [0.15, 0.2) is 57.9 Å². The van der Waals surface area contributed by atoms with E-state index in [-0.39, 0.29) is 25.5 Å². The van der Waals surface area contributed by atoms with Crippen molar-refractivity contribution in [1.29, 1.82) is 0 Å². The number of benzene rings is 1. The Hall–Kier alpha value is -3.27. The van der Waals surface area contributed by atoms with Crippen molar-refractivity contribution in [2.75, 3.05) is 4.90 Å².